The summed E-state index contributed by atoms with van der Waals surface area (Å²) in [5.74, 6) is 0. The van der Waals surface area contributed by atoms with Crippen LogP contribution in [-0.2, 0) is 0 Å². The molecule has 2 N–H and O–H groups in total. The maximum Gasteiger partial charge on any atom is 0.0460 e. The molecule has 2 aromatic heterocycles. The maximum absolute atomic E-state index is 3.29. The Balaban J connectivity index is 2.26. The van der Waals surface area contributed by atoms with Crippen LogP contribution in [0, 0.1) is 13.8 Å². The molecule has 3 aromatic rings. The number of aromatic amines is 2. The van der Waals surface area contributed by atoms with Crippen molar-refractivity contribution in [3.63, 3.8) is 0 Å². The molecule has 0 aliphatic carbocycles. The average molecular weight is 236 g/mol. The van der Waals surface area contributed by atoms with E-state index >= 15 is 0 Å². The molecule has 0 saturated carbocycles. The first-order chi connectivity index (χ1) is 8.75. The first-order valence-electron chi connectivity index (χ1n) is 6.14. The van der Waals surface area contributed by atoms with Gasteiger partial charge in [0.15, 0.2) is 0 Å². The van der Waals surface area contributed by atoms with Crippen LogP contribution in [0.25, 0.3) is 22.5 Å². The minimum absolute atomic E-state index is 1.16. The number of hydrogen-bond donors (Lipinski definition) is 2. The fourth-order valence-electron chi connectivity index (χ4n) is 2.26. The molecule has 0 bridgehead atoms. The Hall–Kier alpha value is -2.22. The average Bonchev–Trinajstić information content (AvgIpc) is 3.02. The third-order valence-electron chi connectivity index (χ3n) is 3.41. The first kappa shape index (κ1) is 10.9. The van der Waals surface area contributed by atoms with Gasteiger partial charge >= 0.3 is 0 Å². The van der Waals surface area contributed by atoms with Crippen molar-refractivity contribution < 1.29 is 0 Å². The third-order valence-corrected chi connectivity index (χ3v) is 3.41. The highest BCUT2D eigenvalue weighted by atomic mass is 14.7. The lowest BCUT2D eigenvalue weighted by molar-refractivity contribution is 1.31. The Morgan fingerprint density at radius 2 is 1.17 bits per heavy atom. The van der Waals surface area contributed by atoms with Crippen molar-refractivity contribution in [3.05, 3.63) is 59.9 Å². The second kappa shape index (κ2) is 4.22. The van der Waals surface area contributed by atoms with E-state index in [1.807, 2.05) is 24.5 Å². The molecule has 2 heterocycles. The van der Waals surface area contributed by atoms with Gasteiger partial charge in [-0.1, -0.05) is 0 Å². The van der Waals surface area contributed by atoms with E-state index in [0.29, 0.717) is 0 Å². The Bertz CT molecular complexity index is 587. The van der Waals surface area contributed by atoms with Crippen LogP contribution in [0.5, 0.6) is 0 Å². The Morgan fingerprint density at radius 1 is 0.722 bits per heavy atom. The van der Waals surface area contributed by atoms with Crippen molar-refractivity contribution in [2.24, 2.45) is 0 Å². The number of nitrogens with one attached hydrogen (secondary N) is 2. The van der Waals surface area contributed by atoms with Crippen LogP contribution in [0.1, 0.15) is 11.1 Å². The Kier molecular flexibility index (Phi) is 2.56. The normalized spacial score (nSPS) is 10.8. The number of benzene rings is 1. The molecule has 0 spiro atoms. The topological polar surface area (TPSA) is 31.6 Å². The molecule has 90 valence electrons. The predicted octanol–water partition coefficient (Wildman–Crippen LogP) is 4.29. The summed E-state index contributed by atoms with van der Waals surface area (Å²) in [6.07, 6.45) is 3.92. The summed E-state index contributed by atoms with van der Waals surface area (Å²) in [4.78, 5) is 6.58. The summed E-state index contributed by atoms with van der Waals surface area (Å²) >= 11 is 0. The van der Waals surface area contributed by atoms with E-state index < -0.39 is 0 Å². The highest BCUT2D eigenvalue weighted by Gasteiger charge is 2.10. The summed E-state index contributed by atoms with van der Waals surface area (Å²) in [5, 5.41) is 0. The van der Waals surface area contributed by atoms with E-state index in [0.717, 1.165) is 11.4 Å². The number of aryl methyl sites for hydroxylation is 2. The zero-order chi connectivity index (χ0) is 12.5. The van der Waals surface area contributed by atoms with Crippen LogP contribution in [0.3, 0.4) is 0 Å². The van der Waals surface area contributed by atoms with Crippen molar-refractivity contribution >= 4 is 0 Å². The number of hydrogen-bond acceptors (Lipinski definition) is 0. The van der Waals surface area contributed by atoms with Gasteiger partial charge in [-0.15, -0.1) is 0 Å². The zero-order valence-electron chi connectivity index (χ0n) is 10.6. The van der Waals surface area contributed by atoms with E-state index in [9.17, 15) is 0 Å². The lowest BCUT2D eigenvalue weighted by atomic mass is 9.96. The largest absolute Gasteiger partial charge is 0.361 e. The van der Waals surface area contributed by atoms with Gasteiger partial charge in [0.05, 0.1) is 0 Å². The van der Waals surface area contributed by atoms with Crippen molar-refractivity contribution in [1.82, 2.24) is 9.97 Å². The van der Waals surface area contributed by atoms with Gasteiger partial charge in [-0.2, -0.15) is 0 Å². The van der Waals surface area contributed by atoms with Crippen molar-refractivity contribution in [2.75, 3.05) is 0 Å². The molecule has 0 aliphatic heterocycles. The van der Waals surface area contributed by atoms with Gasteiger partial charge in [0.2, 0.25) is 0 Å². The molecule has 18 heavy (non-hydrogen) atoms. The van der Waals surface area contributed by atoms with Crippen LogP contribution in [0.2, 0.25) is 0 Å². The van der Waals surface area contributed by atoms with Gasteiger partial charge in [0.1, 0.15) is 0 Å². The highest BCUT2D eigenvalue weighted by Crippen LogP contribution is 2.32. The molecule has 0 atom stereocenters. The molecule has 0 fully saturated rings. The Labute approximate surface area is 107 Å². The van der Waals surface area contributed by atoms with E-state index in [2.05, 4.69) is 48.1 Å². The van der Waals surface area contributed by atoms with Crippen molar-refractivity contribution in [3.8, 4) is 22.5 Å². The third kappa shape index (κ3) is 1.76. The fourth-order valence-corrected chi connectivity index (χ4v) is 2.26. The van der Waals surface area contributed by atoms with E-state index in [1.54, 1.807) is 0 Å². The lowest BCUT2D eigenvalue weighted by Crippen LogP contribution is -1.90. The summed E-state index contributed by atoms with van der Waals surface area (Å²) in [7, 11) is 0. The monoisotopic (exact) mass is 236 g/mol. The summed E-state index contributed by atoms with van der Waals surface area (Å²) in [6.45, 7) is 4.31. The van der Waals surface area contributed by atoms with E-state index in [-0.39, 0.29) is 0 Å². The minimum Gasteiger partial charge on any atom is -0.361 e. The zero-order valence-corrected chi connectivity index (χ0v) is 10.6. The van der Waals surface area contributed by atoms with Crippen LogP contribution in [0.15, 0.2) is 48.8 Å². The van der Waals surface area contributed by atoms with Crippen LogP contribution in [-0.4, -0.2) is 9.97 Å². The standard InChI is InChI=1S/C16H16N2/c1-11-9-13(15-5-3-7-17-15)14(10-12(11)2)16-6-4-8-18-16/h3-10,17-18H,1-2H3. The lowest BCUT2D eigenvalue weighted by Gasteiger charge is -2.11. The molecule has 3 rings (SSSR count). The van der Waals surface area contributed by atoms with Crippen LogP contribution in [0.4, 0.5) is 0 Å². The summed E-state index contributed by atoms with van der Waals surface area (Å²) < 4.78 is 0. The SMILES string of the molecule is Cc1cc(-c2ccc[nH]2)c(-c2ccc[nH]2)cc1C. The number of rotatable bonds is 2. The molecular weight excluding hydrogens is 220 g/mol. The van der Waals surface area contributed by atoms with E-state index in [4.69, 9.17) is 0 Å². The van der Waals surface area contributed by atoms with Gasteiger partial charge in [-0.05, 0) is 61.4 Å². The van der Waals surface area contributed by atoms with Gasteiger partial charge in [0.25, 0.3) is 0 Å². The predicted molar refractivity (Wildman–Crippen MR) is 75.5 cm³/mol. The maximum atomic E-state index is 3.29. The van der Waals surface area contributed by atoms with Gasteiger partial charge in [-0.3, -0.25) is 0 Å². The van der Waals surface area contributed by atoms with Gasteiger partial charge in [-0.25, -0.2) is 0 Å². The highest BCUT2D eigenvalue weighted by molar-refractivity contribution is 5.81. The van der Waals surface area contributed by atoms with Crippen molar-refractivity contribution in [2.45, 2.75) is 13.8 Å². The number of H-pyrrole nitrogens is 2. The summed E-state index contributed by atoms with van der Waals surface area (Å²) in [5.41, 5.74) is 7.42. The molecule has 0 unspecified atom stereocenters. The van der Waals surface area contributed by atoms with Crippen LogP contribution < -0.4 is 0 Å². The molecule has 0 amide bonds. The molecule has 0 saturated heterocycles. The van der Waals surface area contributed by atoms with Crippen molar-refractivity contribution in [1.29, 1.82) is 0 Å². The molecule has 0 radical (unpaired) electrons. The second-order valence-electron chi connectivity index (χ2n) is 4.65. The quantitative estimate of drug-likeness (QED) is 0.665. The molecule has 0 aliphatic rings. The Morgan fingerprint density at radius 3 is 1.50 bits per heavy atom. The molecular formula is C16H16N2. The fraction of sp³-hybridized carbons (Fsp3) is 0.125. The van der Waals surface area contributed by atoms with E-state index in [1.165, 1.54) is 22.3 Å². The van der Waals surface area contributed by atoms with Gasteiger partial charge < -0.3 is 9.97 Å². The second-order valence-corrected chi connectivity index (χ2v) is 4.65. The molecule has 2 heteroatoms. The minimum atomic E-state index is 1.16. The molecule has 2 nitrogen and oxygen atoms in total. The summed E-state index contributed by atoms with van der Waals surface area (Å²) in [6, 6.07) is 12.8. The van der Waals surface area contributed by atoms with Crippen LogP contribution >= 0.6 is 0 Å². The number of aromatic nitrogens is 2. The molecule has 1 aromatic carbocycles. The first-order valence-corrected chi connectivity index (χ1v) is 6.14. The smallest absolute Gasteiger partial charge is 0.0460 e. The van der Waals surface area contributed by atoms with Gasteiger partial charge in [0, 0.05) is 34.9 Å².